The zero-order chi connectivity index (χ0) is 60.6. The number of nitrogens with one attached hydrogen (secondary N) is 1. The average Bonchev–Trinajstić information content (AvgIpc) is 3.51. The highest BCUT2D eigenvalue weighted by Gasteiger charge is 2.18. The molecule has 0 heterocycles. The number of carbonyl (C=O) groups is 2. The second kappa shape index (κ2) is 73.3. The summed E-state index contributed by atoms with van der Waals surface area (Å²) in [5.74, 6) is -0.0464. The van der Waals surface area contributed by atoms with Crippen molar-refractivity contribution in [1.82, 2.24) is 5.32 Å². The lowest BCUT2D eigenvalue weighted by atomic mass is 10.0. The molecule has 0 fully saturated rings. The first-order valence-electron chi connectivity index (χ1n) is 37.9. The molecule has 0 radical (unpaired) electrons. The zero-order valence-electron chi connectivity index (χ0n) is 56.6. The molecule has 3 N–H and O–H groups in total. The molecule has 0 aromatic rings. The summed E-state index contributed by atoms with van der Waals surface area (Å²) in [5, 5.41) is 23.0. The number of hydrogen-bond acceptors (Lipinski definition) is 5. The van der Waals surface area contributed by atoms with Gasteiger partial charge in [0.1, 0.15) is 0 Å². The summed E-state index contributed by atoms with van der Waals surface area (Å²) in [6, 6.07) is -0.622. The second-order valence-corrected chi connectivity index (χ2v) is 26.0. The number of rotatable bonds is 71. The summed E-state index contributed by atoms with van der Waals surface area (Å²) >= 11 is 0. The molecule has 1 amide bonds. The molecule has 494 valence electrons. The summed E-state index contributed by atoms with van der Waals surface area (Å²) in [6.45, 7) is 4.88. The number of unbranched alkanes of at least 4 members (excludes halogenated alkanes) is 54. The van der Waals surface area contributed by atoms with Gasteiger partial charge in [-0.2, -0.15) is 0 Å². The fourth-order valence-corrected chi connectivity index (χ4v) is 11.8. The third kappa shape index (κ3) is 68.9. The maximum absolute atomic E-state index is 12.4. The van der Waals surface area contributed by atoms with Crippen LogP contribution >= 0.6 is 0 Å². The van der Waals surface area contributed by atoms with Crippen LogP contribution < -0.4 is 5.32 Å². The van der Waals surface area contributed by atoms with Gasteiger partial charge in [0, 0.05) is 12.8 Å². The Kier molecular flexibility index (Phi) is 71.4. The summed E-state index contributed by atoms with van der Waals surface area (Å²) < 4.78 is 5.51. The number of allylic oxidation sites excluding steroid dienone is 7. The van der Waals surface area contributed by atoms with Gasteiger partial charge in [-0.1, -0.05) is 358 Å². The number of ether oxygens (including phenoxy) is 1. The van der Waals surface area contributed by atoms with Crippen LogP contribution in [0.25, 0.3) is 0 Å². The largest absolute Gasteiger partial charge is 0.466 e. The Balaban J connectivity index is 3.30. The van der Waals surface area contributed by atoms with Gasteiger partial charge in [-0.25, -0.2) is 0 Å². The topological polar surface area (TPSA) is 95.9 Å². The molecule has 0 aromatic carbocycles. The van der Waals surface area contributed by atoms with Gasteiger partial charge < -0.3 is 20.3 Å². The van der Waals surface area contributed by atoms with Gasteiger partial charge >= 0.3 is 5.97 Å². The Morgan fingerprint density at radius 3 is 0.940 bits per heavy atom. The number of carbonyl (C=O) groups excluding carboxylic acids is 2. The number of aliphatic hydroxyl groups is 2. The third-order valence-electron chi connectivity index (χ3n) is 17.6. The van der Waals surface area contributed by atoms with Crippen LogP contribution in [0, 0.1) is 0 Å². The van der Waals surface area contributed by atoms with E-state index in [1.165, 1.54) is 340 Å². The van der Waals surface area contributed by atoms with Crippen LogP contribution in [0.2, 0.25) is 0 Å². The minimum atomic E-state index is -0.839. The minimum Gasteiger partial charge on any atom is -0.466 e. The molecule has 0 aromatic heterocycles. The van der Waals surface area contributed by atoms with E-state index in [0.29, 0.717) is 19.4 Å². The van der Waals surface area contributed by atoms with E-state index in [2.05, 4.69) is 55.6 Å². The molecule has 0 bridgehead atoms. The lowest BCUT2D eigenvalue weighted by molar-refractivity contribution is -0.143. The van der Waals surface area contributed by atoms with E-state index in [1.807, 2.05) is 6.08 Å². The molecule has 6 heteroatoms. The van der Waals surface area contributed by atoms with Crippen LogP contribution in [-0.4, -0.2) is 47.4 Å². The Hall–Kier alpha value is -2.18. The molecule has 2 unspecified atom stereocenters. The van der Waals surface area contributed by atoms with Crippen molar-refractivity contribution >= 4 is 11.9 Å². The van der Waals surface area contributed by atoms with Crippen LogP contribution in [0.1, 0.15) is 412 Å². The minimum absolute atomic E-state index is 0.0187. The Morgan fingerprint density at radius 2 is 0.595 bits per heavy atom. The average molecular weight is 1180 g/mol. The molecule has 0 aliphatic carbocycles. The monoisotopic (exact) mass is 1180 g/mol. The van der Waals surface area contributed by atoms with Crippen LogP contribution in [-0.2, 0) is 14.3 Å². The molecule has 0 saturated heterocycles. The SMILES string of the molecule is CCCCC/C=C\C/C=C\CCCCCCCCCCCC(=O)OCCCCCCCCCCCCCCCCCCCC/C=C\CCCCCCCCCCCCCCCCCCCC(=O)NC(CO)C(O)/C=C/CCCCCCCCC. The van der Waals surface area contributed by atoms with Crippen LogP contribution in [0.4, 0.5) is 0 Å². The summed E-state index contributed by atoms with van der Waals surface area (Å²) in [4.78, 5) is 24.5. The molecule has 0 aliphatic rings. The first-order chi connectivity index (χ1) is 41.5. The van der Waals surface area contributed by atoms with E-state index in [4.69, 9.17) is 4.74 Å². The smallest absolute Gasteiger partial charge is 0.305 e. The molecule has 0 saturated carbocycles. The van der Waals surface area contributed by atoms with E-state index in [0.717, 1.165) is 44.9 Å². The predicted octanol–water partition coefficient (Wildman–Crippen LogP) is 24.8. The van der Waals surface area contributed by atoms with E-state index in [-0.39, 0.29) is 18.5 Å². The maximum Gasteiger partial charge on any atom is 0.305 e. The molecule has 0 spiro atoms. The lowest BCUT2D eigenvalue weighted by Crippen LogP contribution is -2.45. The molecule has 0 rings (SSSR count). The standard InChI is InChI=1S/C78H147NO5/c1-3-5-7-9-11-13-14-15-16-17-39-43-46-49-52-56-60-64-68-72-78(83)84-73-69-65-61-57-53-50-47-44-41-38-36-34-32-30-28-26-24-22-20-18-19-21-23-25-27-29-31-33-35-37-40-42-45-48-51-55-59-63-67-71-77(82)79-75(74-80)76(81)70-66-62-58-54-12-10-8-6-4-2/h11,13,15-16,18-19,66,70,75-76,80-81H,3-10,12,14,17,20-65,67-69,71-74H2,1-2H3,(H,79,82)/b13-11-,16-15-,19-18-,70-66+. The highest BCUT2D eigenvalue weighted by Crippen LogP contribution is 2.19. The van der Waals surface area contributed by atoms with Crippen LogP contribution in [0.15, 0.2) is 48.6 Å². The zero-order valence-corrected chi connectivity index (χ0v) is 56.6. The highest BCUT2D eigenvalue weighted by atomic mass is 16.5. The maximum atomic E-state index is 12.4. The first kappa shape index (κ1) is 81.8. The van der Waals surface area contributed by atoms with Crippen molar-refractivity contribution in [3.05, 3.63) is 48.6 Å². The summed E-state index contributed by atoms with van der Waals surface area (Å²) in [7, 11) is 0. The van der Waals surface area contributed by atoms with Crippen molar-refractivity contribution in [3.63, 3.8) is 0 Å². The summed E-state index contributed by atoms with van der Waals surface area (Å²) in [6.07, 6.45) is 96.8. The summed E-state index contributed by atoms with van der Waals surface area (Å²) in [5.41, 5.74) is 0. The van der Waals surface area contributed by atoms with Crippen molar-refractivity contribution in [1.29, 1.82) is 0 Å². The fraction of sp³-hybridized carbons (Fsp3) is 0.872. The second-order valence-electron chi connectivity index (χ2n) is 26.0. The Labute approximate surface area is 525 Å². The van der Waals surface area contributed by atoms with Gasteiger partial charge in [-0.05, 0) is 89.9 Å². The first-order valence-corrected chi connectivity index (χ1v) is 37.9. The van der Waals surface area contributed by atoms with E-state index in [9.17, 15) is 19.8 Å². The van der Waals surface area contributed by atoms with Crippen LogP contribution in [0.5, 0.6) is 0 Å². The Bertz CT molecular complexity index is 1400. The third-order valence-corrected chi connectivity index (χ3v) is 17.6. The van der Waals surface area contributed by atoms with Gasteiger partial charge in [-0.3, -0.25) is 9.59 Å². The van der Waals surface area contributed by atoms with Gasteiger partial charge in [-0.15, -0.1) is 0 Å². The highest BCUT2D eigenvalue weighted by molar-refractivity contribution is 5.76. The number of hydrogen-bond donors (Lipinski definition) is 3. The molecule has 6 nitrogen and oxygen atoms in total. The van der Waals surface area contributed by atoms with Crippen molar-refractivity contribution in [3.8, 4) is 0 Å². The van der Waals surface area contributed by atoms with Gasteiger partial charge in [0.05, 0.1) is 25.4 Å². The van der Waals surface area contributed by atoms with E-state index < -0.39 is 12.1 Å². The molecular formula is C78H147NO5. The van der Waals surface area contributed by atoms with Crippen molar-refractivity contribution in [2.75, 3.05) is 13.2 Å². The lowest BCUT2D eigenvalue weighted by Gasteiger charge is -2.20. The number of amides is 1. The number of esters is 1. The van der Waals surface area contributed by atoms with Gasteiger partial charge in [0.25, 0.3) is 0 Å². The normalized spacial score (nSPS) is 12.8. The number of aliphatic hydroxyl groups excluding tert-OH is 2. The van der Waals surface area contributed by atoms with E-state index >= 15 is 0 Å². The van der Waals surface area contributed by atoms with Crippen LogP contribution in [0.3, 0.4) is 0 Å². The Morgan fingerprint density at radius 1 is 0.333 bits per heavy atom. The molecule has 2 atom stereocenters. The quantitative estimate of drug-likeness (QED) is 0.0320. The van der Waals surface area contributed by atoms with Crippen molar-refractivity contribution in [2.24, 2.45) is 0 Å². The molecule has 0 aliphatic heterocycles. The van der Waals surface area contributed by atoms with Crippen molar-refractivity contribution in [2.45, 2.75) is 424 Å². The van der Waals surface area contributed by atoms with Crippen molar-refractivity contribution < 1.29 is 24.5 Å². The predicted molar refractivity (Wildman–Crippen MR) is 370 cm³/mol. The van der Waals surface area contributed by atoms with E-state index in [1.54, 1.807) is 6.08 Å². The van der Waals surface area contributed by atoms with Gasteiger partial charge in [0.2, 0.25) is 5.91 Å². The molecular weight excluding hydrogens is 1030 g/mol. The van der Waals surface area contributed by atoms with Gasteiger partial charge in [0.15, 0.2) is 0 Å². The molecule has 84 heavy (non-hydrogen) atoms. The fourth-order valence-electron chi connectivity index (χ4n) is 11.8.